The molecule has 0 aromatic rings. The lowest BCUT2D eigenvalue weighted by Gasteiger charge is -2.52. The number of hydrogen-bond donors (Lipinski definition) is 2. The Morgan fingerprint density at radius 3 is 2.53 bits per heavy atom. The first-order chi connectivity index (χ1) is 7.71. The number of aliphatic carboxylic acids is 1. The molecule has 0 spiro atoms. The smallest absolute Gasteiger partial charge is 0.310 e. The van der Waals surface area contributed by atoms with Gasteiger partial charge in [0.2, 0.25) is 0 Å². The van der Waals surface area contributed by atoms with E-state index in [4.69, 9.17) is 9.84 Å². The molecule has 0 amide bonds. The van der Waals surface area contributed by atoms with Crippen molar-refractivity contribution in [1.29, 1.82) is 0 Å². The molecule has 0 aromatic carbocycles. The number of hydrogen-bond acceptors (Lipinski definition) is 3. The van der Waals surface area contributed by atoms with Crippen molar-refractivity contribution >= 4 is 5.97 Å². The highest BCUT2D eigenvalue weighted by Crippen LogP contribution is 2.42. The van der Waals surface area contributed by atoms with Gasteiger partial charge in [-0.2, -0.15) is 0 Å². The van der Waals surface area contributed by atoms with Crippen molar-refractivity contribution in [2.24, 2.45) is 10.8 Å². The lowest BCUT2D eigenvalue weighted by atomic mass is 9.64. The van der Waals surface area contributed by atoms with Crippen LogP contribution >= 0.6 is 0 Å². The van der Waals surface area contributed by atoms with Crippen LogP contribution in [0.5, 0.6) is 0 Å². The Morgan fingerprint density at radius 1 is 1.53 bits per heavy atom. The minimum Gasteiger partial charge on any atom is -0.481 e. The zero-order valence-electron chi connectivity index (χ0n) is 11.5. The van der Waals surface area contributed by atoms with Crippen LogP contribution in [-0.2, 0) is 9.53 Å². The van der Waals surface area contributed by atoms with E-state index in [1.54, 1.807) is 13.8 Å². The molecule has 2 N–H and O–H groups in total. The van der Waals surface area contributed by atoms with E-state index in [2.05, 4.69) is 19.2 Å². The van der Waals surface area contributed by atoms with Crippen LogP contribution in [0.3, 0.4) is 0 Å². The topological polar surface area (TPSA) is 58.6 Å². The Hall–Kier alpha value is -0.610. The van der Waals surface area contributed by atoms with Gasteiger partial charge in [0.05, 0.1) is 11.5 Å². The van der Waals surface area contributed by atoms with Crippen LogP contribution in [0.2, 0.25) is 0 Å². The van der Waals surface area contributed by atoms with Crippen LogP contribution in [0.25, 0.3) is 0 Å². The van der Waals surface area contributed by atoms with Gasteiger partial charge >= 0.3 is 5.97 Å². The highest BCUT2D eigenvalue weighted by atomic mass is 16.5. The molecule has 4 heteroatoms. The molecule has 0 bridgehead atoms. The highest BCUT2D eigenvalue weighted by molar-refractivity contribution is 5.73. The van der Waals surface area contributed by atoms with Crippen molar-refractivity contribution in [2.45, 2.75) is 53.2 Å². The van der Waals surface area contributed by atoms with Crippen LogP contribution in [0, 0.1) is 10.8 Å². The van der Waals surface area contributed by atoms with Crippen LogP contribution in [0.15, 0.2) is 0 Å². The van der Waals surface area contributed by atoms with Crippen molar-refractivity contribution in [2.75, 3.05) is 13.2 Å². The molecule has 100 valence electrons. The molecule has 1 aliphatic rings. The molecule has 0 aliphatic heterocycles. The molecule has 0 radical (unpaired) electrons. The van der Waals surface area contributed by atoms with E-state index < -0.39 is 11.4 Å². The maximum atomic E-state index is 11.0. The second kappa shape index (κ2) is 4.94. The van der Waals surface area contributed by atoms with E-state index in [1.165, 1.54) is 0 Å². The first-order valence-corrected chi connectivity index (χ1v) is 6.30. The zero-order valence-corrected chi connectivity index (χ0v) is 11.5. The second-order valence-electron chi connectivity index (χ2n) is 6.12. The lowest BCUT2D eigenvalue weighted by Crippen LogP contribution is -2.62. The van der Waals surface area contributed by atoms with Crippen LogP contribution < -0.4 is 5.32 Å². The van der Waals surface area contributed by atoms with Crippen molar-refractivity contribution in [1.82, 2.24) is 5.32 Å². The van der Waals surface area contributed by atoms with E-state index in [0.717, 1.165) is 13.0 Å². The third-order valence-corrected chi connectivity index (χ3v) is 3.91. The Labute approximate surface area is 104 Å². The molecule has 1 fully saturated rings. The van der Waals surface area contributed by atoms with Crippen LogP contribution in [-0.4, -0.2) is 36.4 Å². The number of nitrogens with one attached hydrogen (secondary N) is 1. The average Bonchev–Trinajstić information content (AvgIpc) is 2.22. The van der Waals surface area contributed by atoms with Gasteiger partial charge in [0.25, 0.3) is 0 Å². The van der Waals surface area contributed by atoms with Gasteiger partial charge in [-0.3, -0.25) is 4.79 Å². The van der Waals surface area contributed by atoms with E-state index >= 15 is 0 Å². The summed E-state index contributed by atoms with van der Waals surface area (Å²) in [5.74, 6) is -0.761. The summed E-state index contributed by atoms with van der Waals surface area (Å²) >= 11 is 0. The monoisotopic (exact) mass is 243 g/mol. The Bertz CT molecular complexity index is 286. The summed E-state index contributed by atoms with van der Waals surface area (Å²) < 4.78 is 5.65. The van der Waals surface area contributed by atoms with Gasteiger partial charge in [-0.05, 0) is 27.2 Å². The summed E-state index contributed by atoms with van der Waals surface area (Å²) in [6, 6.07) is 0.345. The van der Waals surface area contributed by atoms with Gasteiger partial charge in [-0.1, -0.05) is 13.8 Å². The fraction of sp³-hybridized carbons (Fsp3) is 0.923. The first-order valence-electron chi connectivity index (χ1n) is 6.30. The van der Waals surface area contributed by atoms with Gasteiger partial charge in [0, 0.05) is 24.6 Å². The number of ether oxygens (including phenoxy) is 1. The number of rotatable bonds is 6. The first kappa shape index (κ1) is 14.5. The number of carboxylic acid groups (broad SMARTS) is 1. The molecule has 0 heterocycles. The molecule has 0 saturated heterocycles. The zero-order chi connectivity index (χ0) is 13.3. The molecule has 1 saturated carbocycles. The predicted molar refractivity (Wildman–Crippen MR) is 67.0 cm³/mol. The molecule has 2 atom stereocenters. The van der Waals surface area contributed by atoms with Gasteiger partial charge < -0.3 is 15.2 Å². The molecular weight excluding hydrogens is 218 g/mol. The molecule has 2 unspecified atom stereocenters. The lowest BCUT2D eigenvalue weighted by molar-refractivity contribution is -0.148. The molecule has 1 rings (SSSR count). The van der Waals surface area contributed by atoms with Crippen molar-refractivity contribution in [3.8, 4) is 0 Å². The van der Waals surface area contributed by atoms with E-state index in [-0.39, 0.29) is 11.5 Å². The fourth-order valence-electron chi connectivity index (χ4n) is 2.17. The van der Waals surface area contributed by atoms with Crippen LogP contribution in [0.1, 0.15) is 41.0 Å². The van der Waals surface area contributed by atoms with E-state index in [0.29, 0.717) is 12.6 Å². The normalized spacial score (nSPS) is 27.6. The van der Waals surface area contributed by atoms with Gasteiger partial charge in [-0.15, -0.1) is 0 Å². The number of carbonyl (C=O) groups is 1. The van der Waals surface area contributed by atoms with Crippen molar-refractivity contribution < 1.29 is 14.6 Å². The van der Waals surface area contributed by atoms with Gasteiger partial charge in [0.15, 0.2) is 0 Å². The van der Waals surface area contributed by atoms with Crippen molar-refractivity contribution in [3.05, 3.63) is 0 Å². The fourth-order valence-corrected chi connectivity index (χ4v) is 2.17. The summed E-state index contributed by atoms with van der Waals surface area (Å²) in [6.45, 7) is 11.1. The third kappa shape index (κ3) is 2.99. The maximum Gasteiger partial charge on any atom is 0.310 e. The largest absolute Gasteiger partial charge is 0.481 e. The quantitative estimate of drug-likeness (QED) is 0.748. The molecular formula is C13H25NO3. The standard InChI is InChI=1S/C13H25NO3/c1-6-17-10-7-9(13(10,4)5)14-8-12(2,3)11(15)16/h9-10,14H,6-8H2,1-5H3,(H,15,16). The Morgan fingerprint density at radius 2 is 2.12 bits per heavy atom. The summed E-state index contributed by atoms with van der Waals surface area (Å²) in [6.07, 6.45) is 1.26. The second-order valence-corrected chi connectivity index (χ2v) is 6.12. The molecule has 0 aromatic heterocycles. The predicted octanol–water partition coefficient (Wildman–Crippen LogP) is 1.89. The SMILES string of the molecule is CCOC1CC(NCC(C)(C)C(=O)O)C1(C)C. The van der Waals surface area contributed by atoms with Crippen molar-refractivity contribution in [3.63, 3.8) is 0 Å². The minimum absolute atomic E-state index is 0.0879. The molecule has 4 nitrogen and oxygen atoms in total. The molecule has 17 heavy (non-hydrogen) atoms. The summed E-state index contributed by atoms with van der Waals surface area (Å²) in [7, 11) is 0. The van der Waals surface area contributed by atoms with E-state index in [9.17, 15) is 4.79 Å². The Kier molecular flexibility index (Phi) is 4.20. The number of carboxylic acids is 1. The maximum absolute atomic E-state index is 11.0. The summed E-state index contributed by atoms with van der Waals surface area (Å²) in [4.78, 5) is 11.0. The minimum atomic E-state index is -0.761. The average molecular weight is 243 g/mol. The third-order valence-electron chi connectivity index (χ3n) is 3.91. The molecule has 1 aliphatic carbocycles. The highest BCUT2D eigenvalue weighted by Gasteiger charge is 2.49. The van der Waals surface area contributed by atoms with Gasteiger partial charge in [0.1, 0.15) is 0 Å². The van der Waals surface area contributed by atoms with E-state index in [1.807, 2.05) is 6.92 Å². The van der Waals surface area contributed by atoms with Gasteiger partial charge in [-0.25, -0.2) is 0 Å². The van der Waals surface area contributed by atoms with Crippen LogP contribution in [0.4, 0.5) is 0 Å². The Balaban J connectivity index is 2.43. The summed E-state index contributed by atoms with van der Waals surface area (Å²) in [5, 5.41) is 12.4. The summed E-state index contributed by atoms with van der Waals surface area (Å²) in [5.41, 5.74) is -0.628.